The normalized spacial score (nSPS) is 17.6. The fraction of sp³-hybridized carbons (Fsp3) is 0.500. The third-order valence-electron chi connectivity index (χ3n) is 3.88. The molecule has 2 rings (SSSR count). The van der Waals surface area contributed by atoms with Crippen molar-refractivity contribution in [3.8, 4) is 0 Å². The summed E-state index contributed by atoms with van der Waals surface area (Å²) in [4.78, 5) is 25.1. The van der Waals surface area contributed by atoms with E-state index >= 15 is 0 Å². The number of hydrogen-bond acceptors (Lipinski definition) is 3. The second-order valence-corrected chi connectivity index (χ2v) is 5.49. The fourth-order valence-corrected chi connectivity index (χ4v) is 2.65. The van der Waals surface area contributed by atoms with E-state index in [1.54, 1.807) is 4.90 Å². The van der Waals surface area contributed by atoms with E-state index in [0.717, 1.165) is 31.6 Å². The van der Waals surface area contributed by atoms with Crippen molar-refractivity contribution in [1.29, 1.82) is 0 Å². The first kappa shape index (κ1) is 15.5. The highest BCUT2D eigenvalue weighted by Gasteiger charge is 2.20. The van der Waals surface area contributed by atoms with Crippen LogP contribution in [0, 0.1) is 5.92 Å². The predicted octanol–water partition coefficient (Wildman–Crippen LogP) is 1.28. The lowest BCUT2D eigenvalue weighted by atomic mass is 10.0. The average Bonchev–Trinajstić information content (AvgIpc) is 2.99. The van der Waals surface area contributed by atoms with Crippen LogP contribution in [-0.4, -0.2) is 31.4 Å². The molecule has 0 aromatic heterocycles. The summed E-state index contributed by atoms with van der Waals surface area (Å²) in [5.41, 5.74) is 6.03. The van der Waals surface area contributed by atoms with Crippen molar-refractivity contribution in [3.63, 3.8) is 0 Å². The number of hydrogen-bond donors (Lipinski definition) is 2. The van der Waals surface area contributed by atoms with Gasteiger partial charge in [-0.25, -0.2) is 0 Å². The van der Waals surface area contributed by atoms with Crippen LogP contribution < -0.4 is 16.0 Å². The first-order valence-electron chi connectivity index (χ1n) is 7.51. The van der Waals surface area contributed by atoms with Crippen molar-refractivity contribution in [2.24, 2.45) is 11.7 Å². The van der Waals surface area contributed by atoms with Gasteiger partial charge in [-0.1, -0.05) is 18.2 Å². The van der Waals surface area contributed by atoms with Gasteiger partial charge in [0.1, 0.15) is 0 Å². The van der Waals surface area contributed by atoms with Crippen LogP contribution in [0.15, 0.2) is 30.3 Å². The Morgan fingerprint density at radius 1 is 1.24 bits per heavy atom. The molecule has 3 N–H and O–H groups in total. The molecule has 21 heavy (non-hydrogen) atoms. The quantitative estimate of drug-likeness (QED) is 0.794. The van der Waals surface area contributed by atoms with Crippen LogP contribution in [0.1, 0.15) is 25.7 Å². The van der Waals surface area contributed by atoms with Crippen LogP contribution in [0.3, 0.4) is 0 Å². The van der Waals surface area contributed by atoms with Crippen molar-refractivity contribution >= 4 is 17.5 Å². The summed E-state index contributed by atoms with van der Waals surface area (Å²) in [5.74, 6) is 0.265. The van der Waals surface area contributed by atoms with Crippen LogP contribution in [0.4, 0.5) is 5.69 Å². The van der Waals surface area contributed by atoms with Gasteiger partial charge in [-0.15, -0.1) is 0 Å². The molecule has 5 heteroatoms. The number of rotatable bonds is 7. The topological polar surface area (TPSA) is 75.4 Å². The van der Waals surface area contributed by atoms with E-state index in [-0.39, 0.29) is 18.2 Å². The van der Waals surface area contributed by atoms with Crippen molar-refractivity contribution < 1.29 is 9.59 Å². The molecule has 1 heterocycles. The van der Waals surface area contributed by atoms with Crippen LogP contribution >= 0.6 is 0 Å². The zero-order valence-corrected chi connectivity index (χ0v) is 12.3. The smallest absolute Gasteiger partial charge is 0.227 e. The van der Waals surface area contributed by atoms with Crippen molar-refractivity contribution in [2.75, 3.05) is 24.5 Å². The summed E-state index contributed by atoms with van der Waals surface area (Å²) in [6.07, 6.45) is 2.73. The van der Waals surface area contributed by atoms with Crippen LogP contribution in [-0.2, 0) is 9.59 Å². The zero-order chi connectivity index (χ0) is 15.1. The number of amides is 2. The molecular formula is C16H23N3O2. The molecule has 1 atom stereocenters. The number of para-hydroxylation sites is 1. The van der Waals surface area contributed by atoms with Gasteiger partial charge in [0.05, 0.1) is 0 Å². The van der Waals surface area contributed by atoms with Crippen LogP contribution in [0.2, 0.25) is 0 Å². The second kappa shape index (κ2) is 7.78. The molecule has 1 aromatic rings. The van der Waals surface area contributed by atoms with E-state index in [4.69, 9.17) is 5.73 Å². The van der Waals surface area contributed by atoms with E-state index in [1.807, 2.05) is 30.3 Å². The Labute approximate surface area is 125 Å². The molecule has 0 saturated carbocycles. The van der Waals surface area contributed by atoms with Gasteiger partial charge < -0.3 is 16.0 Å². The maximum atomic E-state index is 12.5. The molecule has 5 nitrogen and oxygen atoms in total. The number of nitrogens with zero attached hydrogens (tertiary/aromatic N) is 1. The second-order valence-electron chi connectivity index (χ2n) is 5.49. The lowest BCUT2D eigenvalue weighted by Crippen LogP contribution is -2.34. The Bertz CT molecular complexity index is 470. The Hall–Kier alpha value is -1.88. The van der Waals surface area contributed by atoms with Gasteiger partial charge in [0.25, 0.3) is 0 Å². The van der Waals surface area contributed by atoms with Crippen molar-refractivity contribution in [3.05, 3.63) is 30.3 Å². The number of nitrogens with one attached hydrogen (secondary N) is 1. The number of carbonyl (C=O) groups excluding carboxylic acids is 2. The van der Waals surface area contributed by atoms with Gasteiger partial charge in [0, 0.05) is 25.1 Å². The highest BCUT2D eigenvalue weighted by atomic mass is 16.2. The third-order valence-corrected chi connectivity index (χ3v) is 3.88. The molecule has 0 radical (unpaired) electrons. The summed E-state index contributed by atoms with van der Waals surface area (Å²) in [6.45, 7) is 2.39. The monoisotopic (exact) mass is 289 g/mol. The Morgan fingerprint density at radius 2 is 2.00 bits per heavy atom. The Kier molecular flexibility index (Phi) is 5.75. The van der Waals surface area contributed by atoms with Gasteiger partial charge in [-0.2, -0.15) is 0 Å². The third kappa shape index (κ3) is 4.86. The summed E-state index contributed by atoms with van der Waals surface area (Å²) in [7, 11) is 0. The molecule has 2 amide bonds. The minimum atomic E-state index is -0.385. The van der Waals surface area contributed by atoms with Gasteiger partial charge in [0.15, 0.2) is 0 Å². The van der Waals surface area contributed by atoms with Gasteiger partial charge in [-0.05, 0) is 44.0 Å². The molecule has 1 aliphatic heterocycles. The number of primary amides is 1. The summed E-state index contributed by atoms with van der Waals surface area (Å²) in [5, 5.41) is 3.31. The van der Waals surface area contributed by atoms with E-state index in [2.05, 4.69) is 5.32 Å². The van der Waals surface area contributed by atoms with Gasteiger partial charge in [-0.3, -0.25) is 9.59 Å². The van der Waals surface area contributed by atoms with E-state index in [9.17, 15) is 9.59 Å². The maximum absolute atomic E-state index is 12.5. The minimum Gasteiger partial charge on any atom is -0.370 e. The number of nitrogens with two attached hydrogens (primary N) is 1. The molecular weight excluding hydrogens is 266 g/mol. The SMILES string of the molecule is NC(=O)CCN(C(=O)CCC1CCNC1)c1ccccc1. The first-order valence-corrected chi connectivity index (χ1v) is 7.51. The fourth-order valence-electron chi connectivity index (χ4n) is 2.65. The summed E-state index contributed by atoms with van der Waals surface area (Å²) >= 11 is 0. The molecule has 0 bridgehead atoms. The van der Waals surface area contributed by atoms with E-state index in [0.29, 0.717) is 18.9 Å². The van der Waals surface area contributed by atoms with Gasteiger partial charge >= 0.3 is 0 Å². The predicted molar refractivity (Wildman–Crippen MR) is 82.8 cm³/mol. The van der Waals surface area contributed by atoms with Crippen LogP contribution in [0.25, 0.3) is 0 Å². The molecule has 1 unspecified atom stereocenters. The molecule has 1 saturated heterocycles. The number of carbonyl (C=O) groups is 2. The largest absolute Gasteiger partial charge is 0.370 e. The molecule has 1 aromatic carbocycles. The lowest BCUT2D eigenvalue weighted by molar-refractivity contribution is -0.119. The lowest BCUT2D eigenvalue weighted by Gasteiger charge is -2.23. The Balaban J connectivity index is 1.96. The minimum absolute atomic E-state index is 0.0642. The highest BCUT2D eigenvalue weighted by Crippen LogP contribution is 2.19. The molecule has 1 fully saturated rings. The van der Waals surface area contributed by atoms with E-state index < -0.39 is 0 Å². The molecule has 0 aliphatic carbocycles. The Morgan fingerprint density at radius 3 is 2.62 bits per heavy atom. The van der Waals surface area contributed by atoms with Crippen molar-refractivity contribution in [1.82, 2.24) is 5.32 Å². The van der Waals surface area contributed by atoms with Gasteiger partial charge in [0.2, 0.25) is 11.8 Å². The number of anilines is 1. The van der Waals surface area contributed by atoms with E-state index in [1.165, 1.54) is 0 Å². The average molecular weight is 289 g/mol. The maximum Gasteiger partial charge on any atom is 0.227 e. The molecule has 0 spiro atoms. The summed E-state index contributed by atoms with van der Waals surface area (Å²) in [6, 6.07) is 9.46. The molecule has 1 aliphatic rings. The first-order chi connectivity index (χ1) is 10.2. The highest BCUT2D eigenvalue weighted by molar-refractivity contribution is 5.93. The molecule has 114 valence electrons. The number of benzene rings is 1. The standard InChI is InChI=1S/C16H23N3O2/c17-15(20)9-11-19(14-4-2-1-3-5-14)16(21)7-6-13-8-10-18-12-13/h1-5,13,18H,6-12H2,(H2,17,20). The zero-order valence-electron chi connectivity index (χ0n) is 12.3. The summed E-state index contributed by atoms with van der Waals surface area (Å²) < 4.78 is 0. The van der Waals surface area contributed by atoms with Crippen molar-refractivity contribution in [2.45, 2.75) is 25.7 Å². The van der Waals surface area contributed by atoms with Crippen LogP contribution in [0.5, 0.6) is 0 Å².